The molecular formula is C6H9FN4OS. The molecule has 0 bridgehead atoms. The number of nitrogens with zero attached hydrogens (tertiary/aromatic N) is 2. The highest BCUT2D eigenvalue weighted by Gasteiger charge is 2.07. The van der Waals surface area contributed by atoms with Crippen molar-refractivity contribution in [2.24, 2.45) is 0 Å². The molecule has 1 aromatic rings. The van der Waals surface area contributed by atoms with Crippen LogP contribution >= 0.6 is 11.5 Å². The number of hydrogen-bond acceptors (Lipinski definition) is 4. The number of alkyl halides is 1. The predicted octanol–water partition coefficient (Wildman–Crippen LogP) is 1.02. The van der Waals surface area contributed by atoms with Crippen LogP contribution in [0.3, 0.4) is 0 Å². The average Bonchev–Trinajstić information content (AvgIpc) is 2.56. The lowest BCUT2D eigenvalue weighted by atomic mass is 10.4. The van der Waals surface area contributed by atoms with E-state index in [9.17, 15) is 9.18 Å². The Kier molecular flexibility index (Phi) is 3.56. The highest BCUT2D eigenvalue weighted by molar-refractivity contribution is 7.10. The number of rotatable bonds is 3. The molecule has 0 radical (unpaired) electrons. The highest BCUT2D eigenvalue weighted by Crippen LogP contribution is 2.08. The smallest absolute Gasteiger partial charge is 0.320 e. The zero-order chi connectivity index (χ0) is 9.68. The second-order valence-corrected chi connectivity index (χ2v) is 3.22. The second-order valence-electron chi connectivity index (χ2n) is 2.44. The Morgan fingerprint density at radius 1 is 1.85 bits per heavy atom. The monoisotopic (exact) mass is 204 g/mol. The van der Waals surface area contributed by atoms with E-state index in [-0.39, 0.29) is 0 Å². The van der Waals surface area contributed by atoms with Crippen LogP contribution in [0.2, 0.25) is 0 Å². The van der Waals surface area contributed by atoms with Gasteiger partial charge >= 0.3 is 6.03 Å². The fraction of sp³-hybridized carbons (Fsp3) is 0.500. The van der Waals surface area contributed by atoms with Crippen LogP contribution in [0.25, 0.3) is 0 Å². The minimum absolute atomic E-state index is 0.448. The molecule has 0 spiro atoms. The van der Waals surface area contributed by atoms with E-state index < -0.39 is 18.7 Å². The SMILES string of the molecule is CC(CF)NC(=O)Nc1cnns1. The van der Waals surface area contributed by atoms with Crippen LogP contribution in [0.5, 0.6) is 0 Å². The Balaban J connectivity index is 2.34. The molecule has 0 fully saturated rings. The number of amides is 2. The van der Waals surface area contributed by atoms with Crippen LogP contribution in [-0.4, -0.2) is 28.3 Å². The number of nitrogens with one attached hydrogen (secondary N) is 2. The Bertz CT molecular complexity index is 266. The summed E-state index contributed by atoms with van der Waals surface area (Å²) in [5, 5.41) is 8.92. The molecule has 1 rings (SSSR count). The fourth-order valence-electron chi connectivity index (χ4n) is 0.633. The number of urea groups is 1. The van der Waals surface area contributed by atoms with Crippen LogP contribution in [-0.2, 0) is 0 Å². The number of carbonyl (C=O) groups excluding carboxylic acids is 1. The van der Waals surface area contributed by atoms with Crippen molar-refractivity contribution in [1.82, 2.24) is 14.9 Å². The highest BCUT2D eigenvalue weighted by atomic mass is 32.1. The standard InChI is InChI=1S/C6H9FN4OS/c1-4(2-7)9-6(12)10-5-3-8-11-13-5/h3-4H,2H2,1H3,(H2,9,10,12). The molecular weight excluding hydrogens is 195 g/mol. The van der Waals surface area contributed by atoms with Gasteiger partial charge in [-0.15, -0.1) is 5.10 Å². The van der Waals surface area contributed by atoms with Gasteiger partial charge in [0.25, 0.3) is 0 Å². The molecule has 0 aromatic carbocycles. The molecule has 0 aliphatic rings. The van der Waals surface area contributed by atoms with Gasteiger partial charge in [0.1, 0.15) is 11.7 Å². The van der Waals surface area contributed by atoms with Crippen LogP contribution < -0.4 is 10.6 Å². The van der Waals surface area contributed by atoms with Crippen LogP contribution in [0.1, 0.15) is 6.92 Å². The molecule has 1 unspecified atom stereocenters. The van der Waals surface area contributed by atoms with E-state index in [1.54, 1.807) is 6.92 Å². The largest absolute Gasteiger partial charge is 0.333 e. The van der Waals surface area contributed by atoms with Crippen molar-refractivity contribution in [3.05, 3.63) is 6.20 Å². The van der Waals surface area contributed by atoms with E-state index in [4.69, 9.17) is 0 Å². The van der Waals surface area contributed by atoms with Crippen molar-refractivity contribution >= 4 is 22.6 Å². The third-order valence-corrected chi connectivity index (χ3v) is 1.79. The number of aromatic nitrogens is 2. The molecule has 0 aliphatic heterocycles. The van der Waals surface area contributed by atoms with E-state index in [1.165, 1.54) is 6.20 Å². The van der Waals surface area contributed by atoms with Gasteiger partial charge in [-0.1, -0.05) is 4.49 Å². The Morgan fingerprint density at radius 3 is 3.15 bits per heavy atom. The topological polar surface area (TPSA) is 66.9 Å². The first-order valence-electron chi connectivity index (χ1n) is 3.63. The Labute approximate surface area is 78.5 Å². The lowest BCUT2D eigenvalue weighted by Gasteiger charge is -2.09. The summed E-state index contributed by atoms with van der Waals surface area (Å²) in [6.07, 6.45) is 1.42. The van der Waals surface area contributed by atoms with Crippen molar-refractivity contribution < 1.29 is 9.18 Å². The summed E-state index contributed by atoms with van der Waals surface area (Å²) in [7, 11) is 0. The molecule has 5 nitrogen and oxygen atoms in total. The van der Waals surface area contributed by atoms with Crippen LogP contribution in [0.15, 0.2) is 6.20 Å². The molecule has 2 N–H and O–H groups in total. The lowest BCUT2D eigenvalue weighted by Crippen LogP contribution is -2.37. The quantitative estimate of drug-likeness (QED) is 0.772. The van der Waals surface area contributed by atoms with Gasteiger partial charge in [0.2, 0.25) is 0 Å². The van der Waals surface area contributed by atoms with E-state index in [2.05, 4.69) is 20.2 Å². The van der Waals surface area contributed by atoms with E-state index >= 15 is 0 Å². The second kappa shape index (κ2) is 4.70. The maximum Gasteiger partial charge on any atom is 0.320 e. The third kappa shape index (κ3) is 3.32. The maximum absolute atomic E-state index is 12.0. The molecule has 7 heteroatoms. The van der Waals surface area contributed by atoms with Gasteiger partial charge in [0.15, 0.2) is 0 Å². The normalized spacial score (nSPS) is 12.2. The van der Waals surface area contributed by atoms with E-state index in [0.29, 0.717) is 5.00 Å². The van der Waals surface area contributed by atoms with Gasteiger partial charge < -0.3 is 5.32 Å². The van der Waals surface area contributed by atoms with E-state index in [0.717, 1.165) is 11.5 Å². The number of halogens is 1. The first-order valence-corrected chi connectivity index (χ1v) is 4.40. The first kappa shape index (κ1) is 9.85. The Hall–Kier alpha value is -1.24. The van der Waals surface area contributed by atoms with Crippen LogP contribution in [0.4, 0.5) is 14.2 Å². The van der Waals surface area contributed by atoms with Crippen LogP contribution in [0, 0.1) is 0 Å². The van der Waals surface area contributed by atoms with Crippen molar-refractivity contribution in [3.8, 4) is 0 Å². The summed E-state index contributed by atoms with van der Waals surface area (Å²) >= 11 is 1.06. The van der Waals surface area contributed by atoms with Gasteiger partial charge in [-0.3, -0.25) is 5.32 Å². The van der Waals surface area contributed by atoms with Crippen molar-refractivity contribution in [2.75, 3.05) is 12.0 Å². The summed E-state index contributed by atoms with van der Waals surface area (Å²) in [5.74, 6) is 0. The van der Waals surface area contributed by atoms with Gasteiger partial charge in [0, 0.05) is 11.5 Å². The molecule has 13 heavy (non-hydrogen) atoms. The number of hydrogen-bond donors (Lipinski definition) is 2. The molecule has 1 aromatic heterocycles. The molecule has 1 atom stereocenters. The van der Waals surface area contributed by atoms with Gasteiger partial charge in [-0.25, -0.2) is 9.18 Å². The molecule has 1 heterocycles. The fourth-order valence-corrected chi connectivity index (χ4v) is 1.05. The van der Waals surface area contributed by atoms with Gasteiger partial charge in [-0.05, 0) is 6.92 Å². The Morgan fingerprint density at radius 2 is 2.62 bits per heavy atom. The van der Waals surface area contributed by atoms with Crippen molar-refractivity contribution in [1.29, 1.82) is 0 Å². The lowest BCUT2D eigenvalue weighted by molar-refractivity contribution is 0.246. The zero-order valence-electron chi connectivity index (χ0n) is 6.95. The first-order chi connectivity index (χ1) is 6.22. The number of carbonyl (C=O) groups is 1. The summed E-state index contributed by atoms with van der Waals surface area (Å²) in [6.45, 7) is 0.985. The average molecular weight is 204 g/mol. The van der Waals surface area contributed by atoms with Gasteiger partial charge in [-0.2, -0.15) is 0 Å². The zero-order valence-corrected chi connectivity index (χ0v) is 7.77. The molecule has 72 valence electrons. The van der Waals surface area contributed by atoms with Gasteiger partial charge in [0.05, 0.1) is 12.2 Å². The minimum atomic E-state index is -0.589. The summed E-state index contributed by atoms with van der Waals surface area (Å²) in [5.41, 5.74) is 0. The molecule has 0 saturated carbocycles. The van der Waals surface area contributed by atoms with E-state index in [1.807, 2.05) is 0 Å². The van der Waals surface area contributed by atoms with Crippen molar-refractivity contribution in [2.45, 2.75) is 13.0 Å². The summed E-state index contributed by atoms with van der Waals surface area (Å²) < 4.78 is 15.5. The number of anilines is 1. The minimum Gasteiger partial charge on any atom is -0.333 e. The van der Waals surface area contributed by atoms with Crippen molar-refractivity contribution in [3.63, 3.8) is 0 Å². The summed E-state index contributed by atoms with van der Waals surface area (Å²) in [6, 6.07) is -0.933. The third-order valence-electron chi connectivity index (χ3n) is 1.21. The predicted molar refractivity (Wildman–Crippen MR) is 47.5 cm³/mol. The molecule has 2 amide bonds. The molecule has 0 saturated heterocycles. The molecule has 0 aliphatic carbocycles. The summed E-state index contributed by atoms with van der Waals surface area (Å²) in [4.78, 5) is 11.0. The maximum atomic E-state index is 12.0.